The Morgan fingerprint density at radius 1 is 1.43 bits per heavy atom. The standard InChI is InChI=1S/C15H23N3O2S/c1-6-16-10(4)11-8-21-14(17-11)18-12(19)7-15(5,9(2)3)13(18)20/h8-10,16H,6-7H2,1-5H3. The number of thiazole rings is 1. The predicted octanol–water partition coefficient (Wildman–Crippen LogP) is 2.74. The lowest BCUT2D eigenvalue weighted by atomic mass is 9.78. The van der Waals surface area contributed by atoms with Gasteiger partial charge in [-0.2, -0.15) is 0 Å². The van der Waals surface area contributed by atoms with Gasteiger partial charge in [0.1, 0.15) is 0 Å². The average molecular weight is 309 g/mol. The highest BCUT2D eigenvalue weighted by atomic mass is 32.1. The Morgan fingerprint density at radius 3 is 2.62 bits per heavy atom. The van der Waals surface area contributed by atoms with E-state index in [1.54, 1.807) is 0 Å². The maximum atomic E-state index is 12.6. The van der Waals surface area contributed by atoms with E-state index in [-0.39, 0.29) is 30.2 Å². The van der Waals surface area contributed by atoms with Gasteiger partial charge in [-0.15, -0.1) is 11.3 Å². The molecule has 0 aromatic carbocycles. The van der Waals surface area contributed by atoms with E-state index < -0.39 is 5.41 Å². The van der Waals surface area contributed by atoms with Gasteiger partial charge in [-0.3, -0.25) is 9.59 Å². The third-order valence-corrected chi connectivity index (χ3v) is 5.23. The molecule has 1 aromatic rings. The maximum absolute atomic E-state index is 12.6. The summed E-state index contributed by atoms with van der Waals surface area (Å²) < 4.78 is 0. The van der Waals surface area contributed by atoms with E-state index in [1.807, 2.05) is 40.0 Å². The summed E-state index contributed by atoms with van der Waals surface area (Å²) in [7, 11) is 0. The number of nitrogens with zero attached hydrogens (tertiary/aromatic N) is 2. The van der Waals surface area contributed by atoms with E-state index in [4.69, 9.17) is 0 Å². The van der Waals surface area contributed by atoms with Gasteiger partial charge in [-0.25, -0.2) is 9.88 Å². The Labute approximate surface area is 129 Å². The fourth-order valence-electron chi connectivity index (χ4n) is 2.47. The lowest BCUT2D eigenvalue weighted by Gasteiger charge is -2.25. The zero-order valence-electron chi connectivity index (χ0n) is 13.3. The van der Waals surface area contributed by atoms with Crippen LogP contribution in [0.2, 0.25) is 0 Å². The van der Waals surface area contributed by atoms with Gasteiger partial charge in [-0.1, -0.05) is 20.8 Å². The van der Waals surface area contributed by atoms with Crippen LogP contribution in [0.25, 0.3) is 0 Å². The minimum Gasteiger partial charge on any atom is -0.309 e. The number of carbonyl (C=O) groups excluding carboxylic acids is 2. The highest BCUT2D eigenvalue weighted by Crippen LogP contribution is 2.42. The number of carbonyl (C=O) groups is 2. The molecule has 1 aromatic heterocycles. The smallest absolute Gasteiger partial charge is 0.242 e. The largest absolute Gasteiger partial charge is 0.309 e. The van der Waals surface area contributed by atoms with Crippen molar-refractivity contribution in [2.75, 3.05) is 11.4 Å². The van der Waals surface area contributed by atoms with Crippen molar-refractivity contribution >= 4 is 28.3 Å². The molecule has 0 spiro atoms. The normalized spacial score (nSPS) is 24.2. The molecule has 5 nitrogen and oxygen atoms in total. The molecule has 1 aliphatic rings. The molecular weight excluding hydrogens is 286 g/mol. The molecule has 1 aliphatic heterocycles. The molecule has 2 atom stereocenters. The van der Waals surface area contributed by atoms with Crippen molar-refractivity contribution < 1.29 is 9.59 Å². The SMILES string of the molecule is CCNC(C)c1csc(N2C(=O)CC(C)(C(C)C)C2=O)n1. The first kappa shape index (κ1) is 16.1. The van der Waals surface area contributed by atoms with E-state index in [0.29, 0.717) is 5.13 Å². The topological polar surface area (TPSA) is 62.3 Å². The van der Waals surface area contributed by atoms with Crippen LogP contribution in [0.15, 0.2) is 5.38 Å². The van der Waals surface area contributed by atoms with Crippen LogP contribution in [0.3, 0.4) is 0 Å². The number of hydrogen-bond donors (Lipinski definition) is 1. The summed E-state index contributed by atoms with van der Waals surface area (Å²) in [5, 5.41) is 5.68. The third kappa shape index (κ3) is 2.74. The van der Waals surface area contributed by atoms with Gasteiger partial charge in [-0.05, 0) is 26.3 Å². The van der Waals surface area contributed by atoms with Crippen molar-refractivity contribution in [1.82, 2.24) is 10.3 Å². The predicted molar refractivity (Wildman–Crippen MR) is 84.3 cm³/mol. The Kier molecular flexibility index (Phi) is 4.49. The summed E-state index contributed by atoms with van der Waals surface area (Å²) in [6.07, 6.45) is 0.265. The van der Waals surface area contributed by atoms with Crippen LogP contribution in [0.1, 0.15) is 52.8 Å². The molecule has 6 heteroatoms. The van der Waals surface area contributed by atoms with Gasteiger partial charge < -0.3 is 5.32 Å². The third-order valence-electron chi connectivity index (χ3n) is 4.39. The summed E-state index contributed by atoms with van der Waals surface area (Å²) in [6.45, 7) is 10.7. The van der Waals surface area contributed by atoms with Crippen LogP contribution in [0.4, 0.5) is 5.13 Å². The highest BCUT2D eigenvalue weighted by molar-refractivity contribution is 7.14. The van der Waals surface area contributed by atoms with E-state index in [1.165, 1.54) is 16.2 Å². The second-order valence-electron chi connectivity index (χ2n) is 6.12. The number of aromatic nitrogens is 1. The lowest BCUT2D eigenvalue weighted by Crippen LogP contribution is -2.36. The summed E-state index contributed by atoms with van der Waals surface area (Å²) in [4.78, 5) is 30.7. The summed E-state index contributed by atoms with van der Waals surface area (Å²) in [5.41, 5.74) is 0.256. The maximum Gasteiger partial charge on any atom is 0.242 e. The number of amides is 2. The molecule has 1 N–H and O–H groups in total. The molecule has 0 saturated carbocycles. The van der Waals surface area contributed by atoms with Gasteiger partial charge in [0.05, 0.1) is 11.1 Å². The number of rotatable bonds is 5. The lowest BCUT2D eigenvalue weighted by molar-refractivity contribution is -0.126. The Morgan fingerprint density at radius 2 is 2.10 bits per heavy atom. The van der Waals surface area contributed by atoms with Crippen LogP contribution < -0.4 is 10.2 Å². The molecule has 2 rings (SSSR count). The van der Waals surface area contributed by atoms with Crippen molar-refractivity contribution in [2.45, 2.75) is 47.1 Å². The number of anilines is 1. The van der Waals surface area contributed by atoms with Crippen LogP contribution in [-0.2, 0) is 9.59 Å². The van der Waals surface area contributed by atoms with Crippen molar-refractivity contribution in [3.8, 4) is 0 Å². The molecule has 2 amide bonds. The summed E-state index contributed by atoms with van der Waals surface area (Å²) >= 11 is 1.35. The van der Waals surface area contributed by atoms with E-state index in [2.05, 4.69) is 10.3 Å². The van der Waals surface area contributed by atoms with Crippen molar-refractivity contribution in [3.05, 3.63) is 11.1 Å². The molecule has 116 valence electrons. The van der Waals surface area contributed by atoms with E-state index >= 15 is 0 Å². The minimum absolute atomic E-state index is 0.115. The number of hydrogen-bond acceptors (Lipinski definition) is 5. The Balaban J connectivity index is 2.27. The van der Waals surface area contributed by atoms with Crippen molar-refractivity contribution in [2.24, 2.45) is 11.3 Å². The van der Waals surface area contributed by atoms with E-state index in [9.17, 15) is 9.59 Å². The molecule has 2 unspecified atom stereocenters. The molecule has 0 aliphatic carbocycles. The molecule has 0 radical (unpaired) electrons. The van der Waals surface area contributed by atoms with Crippen LogP contribution in [0, 0.1) is 11.3 Å². The number of imide groups is 1. The van der Waals surface area contributed by atoms with Crippen LogP contribution in [-0.4, -0.2) is 23.3 Å². The molecule has 0 bridgehead atoms. The average Bonchev–Trinajstić information content (AvgIpc) is 2.95. The zero-order chi connectivity index (χ0) is 15.8. The van der Waals surface area contributed by atoms with Crippen molar-refractivity contribution in [3.63, 3.8) is 0 Å². The van der Waals surface area contributed by atoms with Crippen LogP contribution in [0.5, 0.6) is 0 Å². The second kappa shape index (κ2) is 5.85. The van der Waals surface area contributed by atoms with Crippen molar-refractivity contribution in [1.29, 1.82) is 0 Å². The van der Waals surface area contributed by atoms with Gasteiger partial charge >= 0.3 is 0 Å². The number of nitrogens with one attached hydrogen (secondary N) is 1. The first-order valence-corrected chi connectivity index (χ1v) is 8.25. The highest BCUT2D eigenvalue weighted by Gasteiger charge is 2.51. The minimum atomic E-state index is -0.615. The van der Waals surface area contributed by atoms with Gasteiger partial charge in [0.25, 0.3) is 0 Å². The van der Waals surface area contributed by atoms with Gasteiger partial charge in [0.2, 0.25) is 11.8 Å². The summed E-state index contributed by atoms with van der Waals surface area (Å²) in [6, 6.07) is 0.115. The zero-order valence-corrected chi connectivity index (χ0v) is 14.1. The molecule has 2 heterocycles. The monoisotopic (exact) mass is 309 g/mol. The van der Waals surface area contributed by atoms with E-state index in [0.717, 1.165) is 12.2 Å². The quantitative estimate of drug-likeness (QED) is 0.850. The Hall–Kier alpha value is -1.27. The summed E-state index contributed by atoms with van der Waals surface area (Å²) in [5.74, 6) is -0.147. The fourth-order valence-corrected chi connectivity index (χ4v) is 3.40. The van der Waals surface area contributed by atoms with Gasteiger partial charge in [0.15, 0.2) is 5.13 Å². The van der Waals surface area contributed by atoms with Crippen LogP contribution >= 0.6 is 11.3 Å². The Bertz CT molecular complexity index is 555. The fraction of sp³-hybridized carbons (Fsp3) is 0.667. The molecule has 1 saturated heterocycles. The molecular formula is C15H23N3O2S. The van der Waals surface area contributed by atoms with Gasteiger partial charge in [0, 0.05) is 17.8 Å². The first-order chi connectivity index (χ1) is 9.81. The first-order valence-electron chi connectivity index (χ1n) is 7.37. The molecule has 1 fully saturated rings. The second-order valence-corrected chi connectivity index (χ2v) is 6.95. The molecule has 21 heavy (non-hydrogen) atoms.